The molecule has 0 spiro atoms. The Morgan fingerprint density at radius 2 is 2.21 bits per heavy atom. The Balaban J connectivity index is 2.74. The van der Waals surface area contributed by atoms with Crippen LogP contribution in [0, 0.1) is 23.0 Å². The Labute approximate surface area is 79.7 Å². The number of hydrogen-bond donors (Lipinski definition) is 0. The van der Waals surface area contributed by atoms with E-state index in [0.717, 1.165) is 6.07 Å². The minimum atomic E-state index is -0.863. The second-order valence-corrected chi connectivity index (χ2v) is 3.28. The van der Waals surface area contributed by atoms with Gasteiger partial charge in [-0.15, -0.1) is 0 Å². The van der Waals surface area contributed by atoms with E-state index in [4.69, 9.17) is 10.00 Å². The predicted molar refractivity (Wildman–Crippen MR) is 45.0 cm³/mol. The zero-order chi connectivity index (χ0) is 10.3. The van der Waals surface area contributed by atoms with Crippen molar-refractivity contribution >= 4 is 0 Å². The zero-order valence-corrected chi connectivity index (χ0v) is 7.47. The van der Waals surface area contributed by atoms with E-state index >= 15 is 0 Å². The van der Waals surface area contributed by atoms with Gasteiger partial charge in [0.15, 0.2) is 0 Å². The summed E-state index contributed by atoms with van der Waals surface area (Å²) in [6.07, 6.45) is 0. The Morgan fingerprint density at radius 1 is 1.50 bits per heavy atom. The first kappa shape index (κ1) is 8.95. The van der Waals surface area contributed by atoms with E-state index < -0.39 is 11.6 Å². The van der Waals surface area contributed by atoms with Crippen molar-refractivity contribution in [3.63, 3.8) is 0 Å². The molecule has 0 radical (unpaired) electrons. The van der Waals surface area contributed by atoms with Crippen LogP contribution >= 0.6 is 0 Å². The number of nitrogens with zero attached hydrogens (tertiary/aromatic N) is 1. The number of hydrogen-bond acceptors (Lipinski definition) is 2. The standard InChI is InChI=1S/C10H7F2NO/c1-5-4-14-10-6(3-13)7(11)2-8(12)9(5)10/h2,5H,4H2,1H3. The Morgan fingerprint density at radius 3 is 2.86 bits per heavy atom. The van der Waals surface area contributed by atoms with Crippen LogP contribution in [0.3, 0.4) is 0 Å². The molecule has 1 aromatic carbocycles. The Bertz CT molecular complexity index is 437. The first-order valence-electron chi connectivity index (χ1n) is 4.20. The summed E-state index contributed by atoms with van der Waals surface area (Å²) in [5, 5.41) is 8.67. The topological polar surface area (TPSA) is 33.0 Å². The lowest BCUT2D eigenvalue weighted by molar-refractivity contribution is 0.335. The van der Waals surface area contributed by atoms with Gasteiger partial charge in [0.05, 0.1) is 6.61 Å². The first-order valence-corrected chi connectivity index (χ1v) is 4.20. The predicted octanol–water partition coefficient (Wildman–Crippen LogP) is 2.33. The second kappa shape index (κ2) is 2.95. The van der Waals surface area contributed by atoms with Crippen LogP contribution in [0.15, 0.2) is 6.07 Å². The van der Waals surface area contributed by atoms with Crippen molar-refractivity contribution in [1.82, 2.24) is 0 Å². The average Bonchev–Trinajstić information content (AvgIpc) is 2.49. The molecule has 0 saturated heterocycles. The van der Waals surface area contributed by atoms with Crippen LogP contribution in [0.4, 0.5) is 8.78 Å². The Kier molecular flexibility index (Phi) is 1.88. The summed E-state index contributed by atoms with van der Waals surface area (Å²) in [6, 6.07) is 2.42. The maximum absolute atomic E-state index is 13.3. The van der Waals surface area contributed by atoms with Crippen LogP contribution < -0.4 is 4.74 Å². The van der Waals surface area contributed by atoms with Crippen LogP contribution in [-0.2, 0) is 0 Å². The third-order valence-corrected chi connectivity index (χ3v) is 2.30. The molecule has 0 saturated carbocycles. The minimum Gasteiger partial charge on any atom is -0.491 e. The van der Waals surface area contributed by atoms with Crippen molar-refractivity contribution in [2.45, 2.75) is 12.8 Å². The Hall–Kier alpha value is -1.63. The van der Waals surface area contributed by atoms with Crippen molar-refractivity contribution in [1.29, 1.82) is 5.26 Å². The highest BCUT2D eigenvalue weighted by Gasteiger charge is 2.29. The summed E-state index contributed by atoms with van der Waals surface area (Å²) >= 11 is 0. The van der Waals surface area contributed by atoms with Crippen molar-refractivity contribution in [3.8, 4) is 11.8 Å². The molecule has 2 rings (SSSR count). The lowest BCUT2D eigenvalue weighted by Gasteiger charge is -2.04. The lowest BCUT2D eigenvalue weighted by atomic mass is 10.00. The maximum atomic E-state index is 13.3. The molecule has 0 N–H and O–H groups in total. The van der Waals surface area contributed by atoms with E-state index in [9.17, 15) is 8.78 Å². The molecule has 0 aliphatic carbocycles. The SMILES string of the molecule is CC1COc2c(C#N)c(F)cc(F)c21. The summed E-state index contributed by atoms with van der Waals surface area (Å²) in [5.74, 6) is -1.56. The summed E-state index contributed by atoms with van der Waals surface area (Å²) in [7, 11) is 0. The molecule has 1 heterocycles. The second-order valence-electron chi connectivity index (χ2n) is 3.28. The van der Waals surface area contributed by atoms with Crippen LogP contribution in [0.25, 0.3) is 0 Å². The number of benzene rings is 1. The van der Waals surface area contributed by atoms with E-state index in [1.165, 1.54) is 0 Å². The van der Waals surface area contributed by atoms with Gasteiger partial charge in [0.25, 0.3) is 0 Å². The molecule has 1 aliphatic rings. The molecule has 0 aromatic heterocycles. The van der Waals surface area contributed by atoms with E-state index in [1.807, 2.05) is 0 Å². The summed E-state index contributed by atoms with van der Waals surface area (Å²) in [5.41, 5.74) is 0.105. The van der Waals surface area contributed by atoms with Crippen molar-refractivity contribution in [2.75, 3.05) is 6.61 Å². The smallest absolute Gasteiger partial charge is 0.147 e. The van der Waals surface area contributed by atoms with Gasteiger partial charge in [-0.25, -0.2) is 8.78 Å². The van der Waals surface area contributed by atoms with Crippen LogP contribution in [-0.4, -0.2) is 6.61 Å². The summed E-state index contributed by atoms with van der Waals surface area (Å²) < 4.78 is 31.5. The van der Waals surface area contributed by atoms with Gasteiger partial charge in [0, 0.05) is 17.5 Å². The van der Waals surface area contributed by atoms with Gasteiger partial charge >= 0.3 is 0 Å². The maximum Gasteiger partial charge on any atom is 0.147 e. The number of rotatable bonds is 0. The third-order valence-electron chi connectivity index (χ3n) is 2.30. The van der Waals surface area contributed by atoms with E-state index in [-0.39, 0.29) is 17.2 Å². The van der Waals surface area contributed by atoms with Gasteiger partial charge in [-0.1, -0.05) is 6.92 Å². The van der Waals surface area contributed by atoms with Crippen LogP contribution in [0.1, 0.15) is 24.0 Å². The highest BCUT2D eigenvalue weighted by Crippen LogP contribution is 2.39. The normalized spacial score (nSPS) is 18.6. The third kappa shape index (κ3) is 1.06. The largest absolute Gasteiger partial charge is 0.491 e. The van der Waals surface area contributed by atoms with Gasteiger partial charge in [-0.2, -0.15) is 5.26 Å². The molecule has 0 fully saturated rings. The average molecular weight is 195 g/mol. The van der Waals surface area contributed by atoms with Gasteiger partial charge in [-0.3, -0.25) is 0 Å². The lowest BCUT2D eigenvalue weighted by Crippen LogP contribution is -1.95. The fraction of sp³-hybridized carbons (Fsp3) is 0.300. The molecule has 14 heavy (non-hydrogen) atoms. The number of nitriles is 1. The quantitative estimate of drug-likeness (QED) is 0.636. The molecule has 1 atom stereocenters. The van der Waals surface area contributed by atoms with Gasteiger partial charge in [0.2, 0.25) is 0 Å². The first-order chi connectivity index (χ1) is 6.65. The highest BCUT2D eigenvalue weighted by atomic mass is 19.1. The monoisotopic (exact) mass is 195 g/mol. The van der Waals surface area contributed by atoms with Gasteiger partial charge in [-0.05, 0) is 0 Å². The molecule has 72 valence electrons. The van der Waals surface area contributed by atoms with E-state index in [0.29, 0.717) is 12.2 Å². The van der Waals surface area contributed by atoms with Crippen LogP contribution in [0.5, 0.6) is 5.75 Å². The highest BCUT2D eigenvalue weighted by molar-refractivity contribution is 5.53. The molecule has 2 nitrogen and oxygen atoms in total. The number of fused-ring (bicyclic) bond motifs is 1. The molecule has 0 bridgehead atoms. The van der Waals surface area contributed by atoms with E-state index in [1.54, 1.807) is 13.0 Å². The van der Waals surface area contributed by atoms with Gasteiger partial charge in [0.1, 0.15) is 29.0 Å². The van der Waals surface area contributed by atoms with Gasteiger partial charge < -0.3 is 4.74 Å². The summed E-state index contributed by atoms with van der Waals surface area (Å²) in [6.45, 7) is 2.07. The molecule has 1 aliphatic heterocycles. The van der Waals surface area contributed by atoms with Crippen LogP contribution in [0.2, 0.25) is 0 Å². The van der Waals surface area contributed by atoms with E-state index in [2.05, 4.69) is 0 Å². The molecule has 4 heteroatoms. The fourth-order valence-electron chi connectivity index (χ4n) is 1.62. The molecular formula is C10H7F2NO. The minimum absolute atomic E-state index is 0.0671. The summed E-state index contributed by atoms with van der Waals surface area (Å²) in [4.78, 5) is 0. The van der Waals surface area contributed by atoms with Crippen molar-refractivity contribution in [2.24, 2.45) is 0 Å². The molecule has 0 amide bonds. The zero-order valence-electron chi connectivity index (χ0n) is 7.47. The van der Waals surface area contributed by atoms with Crippen molar-refractivity contribution in [3.05, 3.63) is 28.8 Å². The molecular weight excluding hydrogens is 188 g/mol. The fourth-order valence-corrected chi connectivity index (χ4v) is 1.62. The number of ether oxygens (including phenoxy) is 1. The number of halogens is 2. The van der Waals surface area contributed by atoms with Crippen molar-refractivity contribution < 1.29 is 13.5 Å². The molecule has 1 unspecified atom stereocenters. The molecule has 1 aromatic rings.